The van der Waals surface area contributed by atoms with Gasteiger partial charge in [0.25, 0.3) is 0 Å². The van der Waals surface area contributed by atoms with Crippen LogP contribution in [0, 0.1) is 17.7 Å². The summed E-state index contributed by atoms with van der Waals surface area (Å²) in [6, 6.07) is 11.3. The molecule has 1 fully saturated rings. The van der Waals surface area contributed by atoms with Crippen molar-refractivity contribution in [2.75, 3.05) is 7.11 Å². The standard InChI is InChI=1S/C22H25FO/c1-15(2)12-17-7-10-20(18(13-17)8-6-16-4-5-16)21-14-19(24-3)9-11-22(21)23/h6-11,13-16H,4-5,12H2,1-3H3/b8-6+. The Labute approximate surface area is 144 Å². The minimum Gasteiger partial charge on any atom is -0.497 e. The number of hydrogen-bond donors (Lipinski definition) is 0. The zero-order valence-corrected chi connectivity index (χ0v) is 14.7. The molecule has 0 radical (unpaired) electrons. The Morgan fingerprint density at radius 3 is 2.58 bits per heavy atom. The molecule has 0 aromatic heterocycles. The third kappa shape index (κ3) is 4.05. The van der Waals surface area contributed by atoms with Crippen molar-refractivity contribution in [2.24, 2.45) is 11.8 Å². The van der Waals surface area contributed by atoms with Gasteiger partial charge in [0.2, 0.25) is 0 Å². The van der Waals surface area contributed by atoms with Gasteiger partial charge >= 0.3 is 0 Å². The first kappa shape index (κ1) is 16.8. The van der Waals surface area contributed by atoms with Crippen molar-refractivity contribution in [3.05, 3.63) is 59.4 Å². The van der Waals surface area contributed by atoms with Crippen molar-refractivity contribution in [1.29, 1.82) is 0 Å². The number of rotatable bonds is 6. The third-order valence-electron chi connectivity index (χ3n) is 4.39. The maximum absolute atomic E-state index is 14.4. The van der Waals surface area contributed by atoms with Crippen LogP contribution in [0.3, 0.4) is 0 Å². The number of methoxy groups -OCH3 is 1. The van der Waals surface area contributed by atoms with Gasteiger partial charge < -0.3 is 4.74 Å². The van der Waals surface area contributed by atoms with Crippen LogP contribution in [-0.2, 0) is 6.42 Å². The lowest BCUT2D eigenvalue weighted by Crippen LogP contribution is -1.96. The van der Waals surface area contributed by atoms with E-state index in [1.807, 2.05) is 6.07 Å². The van der Waals surface area contributed by atoms with Gasteiger partial charge in [-0.05, 0) is 66.0 Å². The van der Waals surface area contributed by atoms with E-state index in [1.165, 1.54) is 24.5 Å². The summed E-state index contributed by atoms with van der Waals surface area (Å²) in [5, 5.41) is 0. The van der Waals surface area contributed by atoms with Crippen LogP contribution in [-0.4, -0.2) is 7.11 Å². The molecule has 0 spiro atoms. The molecule has 1 saturated carbocycles. The van der Waals surface area contributed by atoms with Crippen LogP contribution in [0.5, 0.6) is 5.75 Å². The molecule has 0 atom stereocenters. The first-order valence-corrected chi connectivity index (χ1v) is 8.72. The lowest BCUT2D eigenvalue weighted by Gasteiger charge is -2.13. The summed E-state index contributed by atoms with van der Waals surface area (Å²) in [5.74, 6) is 1.76. The van der Waals surface area contributed by atoms with E-state index in [4.69, 9.17) is 4.74 Å². The molecule has 1 nitrogen and oxygen atoms in total. The SMILES string of the molecule is COc1ccc(F)c(-c2ccc(CC(C)C)cc2/C=C/C2CC2)c1. The summed E-state index contributed by atoms with van der Waals surface area (Å²) < 4.78 is 19.7. The fourth-order valence-corrected chi connectivity index (χ4v) is 2.96. The van der Waals surface area contributed by atoms with Crippen LogP contribution in [0.4, 0.5) is 4.39 Å². The molecule has 2 heteroatoms. The molecule has 3 rings (SSSR count). The number of benzene rings is 2. The molecule has 2 aromatic carbocycles. The predicted octanol–water partition coefficient (Wildman–Crippen LogP) is 6.12. The quantitative estimate of drug-likeness (QED) is 0.621. The minimum atomic E-state index is -0.214. The van der Waals surface area contributed by atoms with Crippen molar-refractivity contribution >= 4 is 6.08 Å². The molecule has 24 heavy (non-hydrogen) atoms. The number of ether oxygens (including phenoxy) is 1. The molecule has 0 heterocycles. The Hall–Kier alpha value is -2.09. The van der Waals surface area contributed by atoms with Gasteiger partial charge in [0, 0.05) is 5.56 Å². The zero-order chi connectivity index (χ0) is 17.1. The lowest BCUT2D eigenvalue weighted by atomic mass is 9.93. The fraction of sp³-hybridized carbons (Fsp3) is 0.364. The molecule has 0 saturated heterocycles. The Kier molecular flexibility index (Phi) is 5.03. The van der Waals surface area contributed by atoms with Crippen molar-refractivity contribution in [3.8, 4) is 16.9 Å². The summed E-state index contributed by atoms with van der Waals surface area (Å²) in [5.41, 5.74) is 3.91. The van der Waals surface area contributed by atoms with Crippen molar-refractivity contribution in [1.82, 2.24) is 0 Å². The zero-order valence-electron chi connectivity index (χ0n) is 14.7. The fourth-order valence-electron chi connectivity index (χ4n) is 2.96. The molecule has 0 amide bonds. The van der Waals surface area contributed by atoms with Crippen molar-refractivity contribution in [3.63, 3.8) is 0 Å². The Bertz CT molecular complexity index is 742. The van der Waals surface area contributed by atoms with E-state index in [1.54, 1.807) is 19.2 Å². The van der Waals surface area contributed by atoms with Crippen LogP contribution in [0.2, 0.25) is 0 Å². The first-order valence-electron chi connectivity index (χ1n) is 8.72. The molecule has 1 aliphatic rings. The Morgan fingerprint density at radius 1 is 1.12 bits per heavy atom. The van der Waals surface area contributed by atoms with Crippen LogP contribution in [0.25, 0.3) is 17.2 Å². The Morgan fingerprint density at radius 2 is 1.92 bits per heavy atom. The first-order chi connectivity index (χ1) is 11.6. The van der Waals surface area contributed by atoms with Gasteiger partial charge in [-0.15, -0.1) is 0 Å². The molecule has 126 valence electrons. The number of hydrogen-bond acceptors (Lipinski definition) is 1. The average molecular weight is 324 g/mol. The molecule has 0 aliphatic heterocycles. The maximum atomic E-state index is 14.4. The summed E-state index contributed by atoms with van der Waals surface area (Å²) in [4.78, 5) is 0. The second-order valence-electron chi connectivity index (χ2n) is 7.06. The van der Waals surface area contributed by atoms with E-state index in [9.17, 15) is 4.39 Å². The highest BCUT2D eigenvalue weighted by atomic mass is 19.1. The predicted molar refractivity (Wildman–Crippen MR) is 98.7 cm³/mol. The van der Waals surface area contributed by atoms with Crippen molar-refractivity contribution < 1.29 is 9.13 Å². The summed E-state index contributed by atoms with van der Waals surface area (Å²) in [6.45, 7) is 4.44. The Balaban J connectivity index is 2.05. The van der Waals surface area contributed by atoms with Crippen LogP contribution >= 0.6 is 0 Å². The summed E-state index contributed by atoms with van der Waals surface area (Å²) in [7, 11) is 1.61. The minimum absolute atomic E-state index is 0.214. The van der Waals surface area contributed by atoms with Crippen LogP contribution in [0.15, 0.2) is 42.5 Å². The van der Waals surface area contributed by atoms with Gasteiger partial charge in [-0.3, -0.25) is 0 Å². The average Bonchev–Trinajstić information content (AvgIpc) is 3.38. The monoisotopic (exact) mass is 324 g/mol. The molecule has 0 N–H and O–H groups in total. The van der Waals surface area contributed by atoms with Crippen molar-refractivity contribution in [2.45, 2.75) is 33.1 Å². The van der Waals surface area contributed by atoms with Gasteiger partial charge in [-0.25, -0.2) is 4.39 Å². The number of allylic oxidation sites excluding steroid dienone is 1. The van der Waals surface area contributed by atoms with Crippen LogP contribution in [0.1, 0.15) is 37.8 Å². The van der Waals surface area contributed by atoms with E-state index in [0.717, 1.165) is 17.5 Å². The maximum Gasteiger partial charge on any atom is 0.131 e. The van der Waals surface area contributed by atoms with E-state index in [0.29, 0.717) is 23.1 Å². The molecule has 2 aromatic rings. The molecule has 0 bridgehead atoms. The van der Waals surface area contributed by atoms with Gasteiger partial charge in [-0.2, -0.15) is 0 Å². The lowest BCUT2D eigenvalue weighted by molar-refractivity contribution is 0.414. The van der Waals surface area contributed by atoms with E-state index in [-0.39, 0.29) is 5.82 Å². The van der Waals surface area contributed by atoms with Crippen LogP contribution < -0.4 is 4.74 Å². The van der Waals surface area contributed by atoms with Gasteiger partial charge in [-0.1, -0.05) is 44.2 Å². The molecule has 0 unspecified atom stereocenters. The molecular formula is C22H25FO. The highest BCUT2D eigenvalue weighted by Gasteiger charge is 2.18. The number of halogens is 1. The second-order valence-corrected chi connectivity index (χ2v) is 7.06. The largest absolute Gasteiger partial charge is 0.497 e. The second kappa shape index (κ2) is 7.21. The normalized spacial score (nSPS) is 14.5. The summed E-state index contributed by atoms with van der Waals surface area (Å²) >= 11 is 0. The van der Waals surface area contributed by atoms with Gasteiger partial charge in [0.05, 0.1) is 7.11 Å². The smallest absolute Gasteiger partial charge is 0.131 e. The topological polar surface area (TPSA) is 9.23 Å². The van der Waals surface area contributed by atoms with Gasteiger partial charge in [0.1, 0.15) is 11.6 Å². The third-order valence-corrected chi connectivity index (χ3v) is 4.39. The van der Waals surface area contributed by atoms with E-state index >= 15 is 0 Å². The summed E-state index contributed by atoms with van der Waals surface area (Å²) in [6.07, 6.45) is 7.99. The van der Waals surface area contributed by atoms with Gasteiger partial charge in [0.15, 0.2) is 0 Å². The molecule has 1 aliphatic carbocycles. The van der Waals surface area contributed by atoms with E-state index in [2.05, 4.69) is 38.1 Å². The highest BCUT2D eigenvalue weighted by molar-refractivity contribution is 5.77. The van der Waals surface area contributed by atoms with E-state index < -0.39 is 0 Å². The molecular weight excluding hydrogens is 299 g/mol. The highest BCUT2D eigenvalue weighted by Crippen LogP contribution is 2.34.